The van der Waals surface area contributed by atoms with Crippen LogP contribution in [0.4, 0.5) is 0 Å². The molecule has 0 aromatic carbocycles. The standard InChI is InChI=1S/C7H10.Ni/c1-2-7-4-3-6(1)5-7;/h1,7H,2-5H2;. The second-order valence-corrected chi connectivity index (χ2v) is 2.71. The minimum absolute atomic E-state index is 0. The fourth-order valence-electron chi connectivity index (χ4n) is 1.68. The molecule has 1 unspecified atom stereocenters. The molecule has 0 heterocycles. The first-order valence-electron chi connectivity index (χ1n) is 3.13. The Kier molecular flexibility index (Phi) is 1.77. The van der Waals surface area contributed by atoms with Crippen LogP contribution in [0.5, 0.6) is 0 Å². The Morgan fingerprint density at radius 2 is 2.38 bits per heavy atom. The molecule has 0 saturated heterocycles. The Morgan fingerprint density at radius 3 is 2.50 bits per heavy atom. The Bertz CT molecular complexity index is 116. The van der Waals surface area contributed by atoms with Gasteiger partial charge in [0.25, 0.3) is 0 Å². The summed E-state index contributed by atoms with van der Waals surface area (Å²) in [6.07, 6.45) is 8.18. The molecule has 2 rings (SSSR count). The predicted octanol–water partition coefficient (Wildman–Crippen LogP) is 2.11. The average molecular weight is 153 g/mol. The molecule has 0 aromatic heterocycles. The first-order chi connectivity index (χ1) is 3.45. The van der Waals surface area contributed by atoms with Crippen LogP contribution in [0.2, 0.25) is 0 Å². The van der Waals surface area contributed by atoms with Gasteiger partial charge in [-0.25, -0.2) is 0 Å². The molecule has 0 aliphatic heterocycles. The second-order valence-electron chi connectivity index (χ2n) is 2.71. The van der Waals surface area contributed by atoms with Gasteiger partial charge in [0.05, 0.1) is 0 Å². The zero-order valence-corrected chi connectivity index (χ0v) is 5.79. The third-order valence-corrected chi connectivity index (χ3v) is 2.16. The molecule has 1 saturated carbocycles. The summed E-state index contributed by atoms with van der Waals surface area (Å²) in [6, 6.07) is 0. The first kappa shape index (κ1) is 6.35. The fraction of sp³-hybridized carbons (Fsp3) is 0.714. The number of fused-ring (bicyclic) bond motifs is 2. The van der Waals surface area contributed by atoms with Crippen LogP contribution in [0.3, 0.4) is 0 Å². The molecule has 0 spiro atoms. The van der Waals surface area contributed by atoms with E-state index in [0.29, 0.717) is 0 Å². The summed E-state index contributed by atoms with van der Waals surface area (Å²) in [5.41, 5.74) is 1.74. The molecule has 0 N–H and O–H groups in total. The number of allylic oxidation sites excluding steroid dienone is 2. The van der Waals surface area contributed by atoms with Gasteiger partial charge in [0, 0.05) is 16.5 Å². The van der Waals surface area contributed by atoms with Crippen molar-refractivity contribution in [3.05, 3.63) is 11.6 Å². The second kappa shape index (κ2) is 2.23. The number of hydrogen-bond acceptors (Lipinski definition) is 0. The van der Waals surface area contributed by atoms with Crippen LogP contribution in [-0.4, -0.2) is 0 Å². The molecule has 0 aromatic rings. The SMILES string of the molecule is C1=C2CCC(C1)C2.[Ni]. The Hall–Kier alpha value is 0.234. The van der Waals surface area contributed by atoms with Gasteiger partial charge in [0.2, 0.25) is 0 Å². The van der Waals surface area contributed by atoms with E-state index >= 15 is 0 Å². The van der Waals surface area contributed by atoms with E-state index in [0.717, 1.165) is 5.92 Å². The average Bonchev–Trinajstić information content (AvgIpc) is 2.22. The molecule has 48 valence electrons. The van der Waals surface area contributed by atoms with Gasteiger partial charge in [-0.05, 0) is 31.6 Å². The third-order valence-electron chi connectivity index (χ3n) is 2.16. The van der Waals surface area contributed by atoms with E-state index < -0.39 is 0 Å². The smallest absolute Gasteiger partial charge is 0 e. The summed E-state index contributed by atoms with van der Waals surface area (Å²) < 4.78 is 0. The quantitative estimate of drug-likeness (QED) is 0.369. The maximum absolute atomic E-state index is 2.42. The zero-order chi connectivity index (χ0) is 4.69. The minimum Gasteiger partial charge on any atom is -0.0850 e. The van der Waals surface area contributed by atoms with E-state index in [9.17, 15) is 0 Å². The molecule has 8 heavy (non-hydrogen) atoms. The Morgan fingerprint density at radius 1 is 1.50 bits per heavy atom. The largest absolute Gasteiger partial charge is 0.0850 e. The summed E-state index contributed by atoms with van der Waals surface area (Å²) >= 11 is 0. The van der Waals surface area contributed by atoms with Gasteiger partial charge in [-0.1, -0.05) is 11.6 Å². The van der Waals surface area contributed by atoms with E-state index in [1.165, 1.54) is 25.7 Å². The summed E-state index contributed by atoms with van der Waals surface area (Å²) in [4.78, 5) is 0. The normalized spacial score (nSPS) is 32.0. The van der Waals surface area contributed by atoms with Gasteiger partial charge >= 0.3 is 0 Å². The summed E-state index contributed by atoms with van der Waals surface area (Å²) in [5, 5.41) is 0. The van der Waals surface area contributed by atoms with Gasteiger partial charge < -0.3 is 0 Å². The molecule has 2 aliphatic rings. The summed E-state index contributed by atoms with van der Waals surface area (Å²) in [7, 11) is 0. The third kappa shape index (κ3) is 0.843. The molecule has 2 aliphatic carbocycles. The predicted molar refractivity (Wildman–Crippen MR) is 30.0 cm³/mol. The van der Waals surface area contributed by atoms with Crippen molar-refractivity contribution < 1.29 is 16.5 Å². The maximum Gasteiger partial charge on any atom is 0 e. The minimum atomic E-state index is 0. The molecule has 2 bridgehead atoms. The zero-order valence-electron chi connectivity index (χ0n) is 4.80. The van der Waals surface area contributed by atoms with Crippen LogP contribution in [0, 0.1) is 5.92 Å². The monoisotopic (exact) mass is 152 g/mol. The fourth-order valence-corrected chi connectivity index (χ4v) is 1.68. The van der Waals surface area contributed by atoms with Crippen molar-refractivity contribution in [1.82, 2.24) is 0 Å². The van der Waals surface area contributed by atoms with E-state index in [1.54, 1.807) is 5.57 Å². The topological polar surface area (TPSA) is 0 Å². The van der Waals surface area contributed by atoms with E-state index in [1.807, 2.05) is 0 Å². The van der Waals surface area contributed by atoms with Crippen LogP contribution in [0.1, 0.15) is 25.7 Å². The van der Waals surface area contributed by atoms with Crippen molar-refractivity contribution in [3.63, 3.8) is 0 Å². The van der Waals surface area contributed by atoms with Crippen LogP contribution in [-0.2, 0) is 16.5 Å². The molecule has 1 atom stereocenters. The van der Waals surface area contributed by atoms with Crippen molar-refractivity contribution in [2.24, 2.45) is 5.92 Å². The molecule has 0 radical (unpaired) electrons. The van der Waals surface area contributed by atoms with Crippen LogP contribution >= 0.6 is 0 Å². The summed E-state index contributed by atoms with van der Waals surface area (Å²) in [6.45, 7) is 0. The Balaban J connectivity index is 0.000000320. The molecule has 0 nitrogen and oxygen atoms in total. The van der Waals surface area contributed by atoms with Gasteiger partial charge in [0.15, 0.2) is 0 Å². The Labute approximate surface area is 60.3 Å². The maximum atomic E-state index is 2.42. The van der Waals surface area contributed by atoms with Crippen molar-refractivity contribution >= 4 is 0 Å². The number of hydrogen-bond donors (Lipinski definition) is 0. The molecule has 1 fully saturated rings. The molecular formula is C7H10Ni. The van der Waals surface area contributed by atoms with Gasteiger partial charge in [0.1, 0.15) is 0 Å². The van der Waals surface area contributed by atoms with Crippen molar-refractivity contribution in [2.75, 3.05) is 0 Å². The van der Waals surface area contributed by atoms with Gasteiger partial charge in [-0.2, -0.15) is 0 Å². The van der Waals surface area contributed by atoms with E-state index in [4.69, 9.17) is 0 Å². The van der Waals surface area contributed by atoms with Crippen LogP contribution in [0.15, 0.2) is 11.6 Å². The van der Waals surface area contributed by atoms with Gasteiger partial charge in [-0.3, -0.25) is 0 Å². The molecule has 0 amide bonds. The van der Waals surface area contributed by atoms with Crippen LogP contribution < -0.4 is 0 Å². The van der Waals surface area contributed by atoms with E-state index in [2.05, 4.69) is 6.08 Å². The number of rotatable bonds is 0. The first-order valence-corrected chi connectivity index (χ1v) is 3.13. The van der Waals surface area contributed by atoms with Crippen molar-refractivity contribution in [1.29, 1.82) is 0 Å². The summed E-state index contributed by atoms with van der Waals surface area (Å²) in [5.74, 6) is 1.08. The van der Waals surface area contributed by atoms with Crippen LogP contribution in [0.25, 0.3) is 0 Å². The van der Waals surface area contributed by atoms with Gasteiger partial charge in [-0.15, -0.1) is 0 Å². The van der Waals surface area contributed by atoms with Crippen molar-refractivity contribution in [2.45, 2.75) is 25.7 Å². The van der Waals surface area contributed by atoms with E-state index in [-0.39, 0.29) is 16.5 Å². The van der Waals surface area contributed by atoms with Crippen molar-refractivity contribution in [3.8, 4) is 0 Å². The molecular weight excluding hydrogens is 143 g/mol. The molecule has 1 heteroatoms.